The zero-order chi connectivity index (χ0) is 17.2. The molecule has 0 saturated carbocycles. The van der Waals surface area contributed by atoms with Crippen molar-refractivity contribution in [3.8, 4) is 6.07 Å². The number of allylic oxidation sites excluding steroid dienone is 1. The summed E-state index contributed by atoms with van der Waals surface area (Å²) in [4.78, 5) is 0.108. The minimum absolute atomic E-state index is 0.0126. The molecular formula is C16H10ClF2NO2S. The smallest absolute Gasteiger partial charge is 0.175 e. The fraction of sp³-hybridized carbons (Fsp3) is 0.0625. The van der Waals surface area contributed by atoms with Crippen LogP contribution in [0.25, 0.3) is 10.6 Å². The summed E-state index contributed by atoms with van der Waals surface area (Å²) < 4.78 is 49.1. The molecular weight excluding hydrogens is 344 g/mol. The van der Waals surface area contributed by atoms with Gasteiger partial charge in [-0.25, -0.2) is 17.2 Å². The lowest BCUT2D eigenvalue weighted by atomic mass is 10.0. The van der Waals surface area contributed by atoms with Crippen molar-refractivity contribution in [2.24, 2.45) is 0 Å². The third-order valence-corrected chi connectivity index (χ3v) is 4.61. The van der Waals surface area contributed by atoms with Gasteiger partial charge in [0.2, 0.25) is 0 Å². The summed E-state index contributed by atoms with van der Waals surface area (Å²) in [5.41, 5.74) is 0.474. The number of benzene rings is 2. The highest BCUT2D eigenvalue weighted by Gasteiger charge is 2.13. The van der Waals surface area contributed by atoms with E-state index in [1.807, 2.05) is 6.07 Å². The van der Waals surface area contributed by atoms with Gasteiger partial charge < -0.3 is 0 Å². The Labute approximate surface area is 137 Å². The van der Waals surface area contributed by atoms with E-state index in [9.17, 15) is 22.5 Å². The highest BCUT2D eigenvalue weighted by molar-refractivity contribution is 7.90. The number of nitrogens with zero attached hydrogens (tertiary/aromatic N) is 1. The summed E-state index contributed by atoms with van der Waals surface area (Å²) in [5, 5.41) is 9.26. The van der Waals surface area contributed by atoms with Crippen molar-refractivity contribution in [2.75, 3.05) is 6.26 Å². The fourth-order valence-electron chi connectivity index (χ4n) is 1.88. The molecule has 2 aromatic rings. The molecule has 23 heavy (non-hydrogen) atoms. The van der Waals surface area contributed by atoms with E-state index in [0.29, 0.717) is 5.56 Å². The molecule has 0 unspecified atom stereocenters. The second-order valence-electron chi connectivity index (χ2n) is 4.73. The molecule has 0 amide bonds. The van der Waals surface area contributed by atoms with Crippen molar-refractivity contribution in [3.05, 3.63) is 65.2 Å². The molecule has 118 valence electrons. The van der Waals surface area contributed by atoms with Gasteiger partial charge in [-0.15, -0.1) is 0 Å². The predicted molar refractivity (Wildman–Crippen MR) is 84.2 cm³/mol. The molecule has 7 heteroatoms. The van der Waals surface area contributed by atoms with Crippen LogP contribution >= 0.6 is 11.6 Å². The average Bonchev–Trinajstić information content (AvgIpc) is 2.50. The van der Waals surface area contributed by atoms with Crippen LogP contribution in [0.2, 0.25) is 0 Å². The molecule has 0 N–H and O–H groups in total. The van der Waals surface area contributed by atoms with Gasteiger partial charge in [-0.3, -0.25) is 0 Å². The molecule has 2 rings (SSSR count). The number of sulfone groups is 1. The number of rotatable bonds is 3. The molecule has 0 spiro atoms. The van der Waals surface area contributed by atoms with E-state index in [2.05, 4.69) is 0 Å². The van der Waals surface area contributed by atoms with Gasteiger partial charge >= 0.3 is 0 Å². The average molecular weight is 354 g/mol. The molecule has 0 aliphatic rings. The highest BCUT2D eigenvalue weighted by Crippen LogP contribution is 2.30. The van der Waals surface area contributed by atoms with E-state index in [1.54, 1.807) is 0 Å². The molecule has 0 radical (unpaired) electrons. The first-order chi connectivity index (χ1) is 10.7. The Bertz CT molecular complexity index is 930. The van der Waals surface area contributed by atoms with Gasteiger partial charge in [0.15, 0.2) is 21.5 Å². The van der Waals surface area contributed by atoms with Crippen LogP contribution in [-0.4, -0.2) is 14.7 Å². The second-order valence-corrected chi connectivity index (χ2v) is 7.12. The lowest BCUT2D eigenvalue weighted by Gasteiger charge is -2.06. The lowest BCUT2D eigenvalue weighted by molar-refractivity contribution is 0.508. The van der Waals surface area contributed by atoms with Crippen molar-refractivity contribution in [2.45, 2.75) is 4.90 Å². The number of hydrogen-bond acceptors (Lipinski definition) is 3. The Morgan fingerprint density at radius 1 is 1.04 bits per heavy atom. The summed E-state index contributed by atoms with van der Waals surface area (Å²) in [5.74, 6) is -2.12. The first-order valence-electron chi connectivity index (χ1n) is 6.30. The van der Waals surface area contributed by atoms with Crippen molar-refractivity contribution in [3.63, 3.8) is 0 Å². The predicted octanol–water partition coefficient (Wildman–Crippen LogP) is 4.00. The molecule has 2 aromatic carbocycles. The molecule has 3 nitrogen and oxygen atoms in total. The number of halogens is 3. The maximum Gasteiger partial charge on any atom is 0.175 e. The minimum Gasteiger partial charge on any atom is -0.224 e. The van der Waals surface area contributed by atoms with Gasteiger partial charge in [-0.1, -0.05) is 29.8 Å². The van der Waals surface area contributed by atoms with Crippen LogP contribution in [0.3, 0.4) is 0 Å². The van der Waals surface area contributed by atoms with Crippen LogP contribution in [0.15, 0.2) is 47.4 Å². The maximum absolute atomic E-state index is 13.3. The first-order valence-corrected chi connectivity index (χ1v) is 8.57. The Balaban J connectivity index is 2.53. The summed E-state index contributed by atoms with van der Waals surface area (Å²) >= 11 is 6.16. The van der Waals surface area contributed by atoms with Crippen LogP contribution in [-0.2, 0) is 9.84 Å². The Kier molecular flexibility index (Phi) is 4.83. The molecule has 0 aromatic heterocycles. The SMILES string of the molecule is CS(=O)(=O)c1ccc(/C(Cl)=C(/C#N)c2ccc(F)c(F)c2)cc1. The Morgan fingerprint density at radius 2 is 1.61 bits per heavy atom. The molecule has 0 atom stereocenters. The van der Waals surface area contributed by atoms with Crippen molar-refractivity contribution in [1.29, 1.82) is 5.26 Å². The van der Waals surface area contributed by atoms with E-state index in [4.69, 9.17) is 11.6 Å². The zero-order valence-corrected chi connectivity index (χ0v) is 13.4. The Morgan fingerprint density at radius 3 is 2.09 bits per heavy atom. The number of nitriles is 1. The molecule has 0 fully saturated rings. The Hall–Kier alpha value is -2.23. The van der Waals surface area contributed by atoms with Crippen LogP contribution in [0.5, 0.6) is 0 Å². The van der Waals surface area contributed by atoms with Crippen LogP contribution < -0.4 is 0 Å². The van der Waals surface area contributed by atoms with Crippen LogP contribution in [0.4, 0.5) is 8.78 Å². The fourth-order valence-corrected chi connectivity index (χ4v) is 2.79. The highest BCUT2D eigenvalue weighted by atomic mass is 35.5. The van der Waals surface area contributed by atoms with Crippen molar-refractivity contribution >= 4 is 32.0 Å². The van der Waals surface area contributed by atoms with E-state index in [0.717, 1.165) is 18.4 Å². The third-order valence-electron chi connectivity index (χ3n) is 3.08. The summed E-state index contributed by atoms with van der Waals surface area (Å²) in [6.07, 6.45) is 1.07. The van der Waals surface area contributed by atoms with Gasteiger partial charge in [0.05, 0.1) is 15.5 Å². The summed E-state index contributed by atoms with van der Waals surface area (Å²) in [6, 6.07) is 10.5. The van der Waals surface area contributed by atoms with Gasteiger partial charge in [0.25, 0.3) is 0 Å². The topological polar surface area (TPSA) is 57.9 Å². The summed E-state index contributed by atoms with van der Waals surface area (Å²) in [7, 11) is -3.35. The molecule has 0 aliphatic carbocycles. The van der Waals surface area contributed by atoms with E-state index in [-0.39, 0.29) is 21.1 Å². The standard InChI is InChI=1S/C16H10ClF2NO2S/c1-23(21,22)12-5-2-10(3-6-12)16(17)13(9-20)11-4-7-14(18)15(19)8-11/h2-8H,1H3/b16-13+. The van der Waals surface area contributed by atoms with E-state index >= 15 is 0 Å². The number of hydrogen-bond donors (Lipinski definition) is 0. The van der Waals surface area contributed by atoms with E-state index in [1.165, 1.54) is 30.3 Å². The minimum atomic E-state index is -3.35. The quantitative estimate of drug-likeness (QED) is 0.619. The van der Waals surface area contributed by atoms with Gasteiger partial charge in [-0.05, 0) is 35.4 Å². The van der Waals surface area contributed by atoms with Crippen LogP contribution in [0, 0.1) is 23.0 Å². The zero-order valence-electron chi connectivity index (χ0n) is 11.8. The van der Waals surface area contributed by atoms with Crippen molar-refractivity contribution < 1.29 is 17.2 Å². The third kappa shape index (κ3) is 3.76. The van der Waals surface area contributed by atoms with Crippen molar-refractivity contribution in [1.82, 2.24) is 0 Å². The maximum atomic E-state index is 13.3. The monoisotopic (exact) mass is 353 g/mol. The molecule has 0 heterocycles. The molecule has 0 bridgehead atoms. The van der Waals surface area contributed by atoms with Crippen LogP contribution in [0.1, 0.15) is 11.1 Å². The van der Waals surface area contributed by atoms with Gasteiger partial charge in [0, 0.05) is 6.26 Å². The van der Waals surface area contributed by atoms with Gasteiger partial charge in [-0.2, -0.15) is 5.26 Å². The second kappa shape index (κ2) is 6.49. The van der Waals surface area contributed by atoms with E-state index < -0.39 is 21.5 Å². The lowest BCUT2D eigenvalue weighted by Crippen LogP contribution is -1.96. The normalized spacial score (nSPS) is 12.5. The largest absolute Gasteiger partial charge is 0.224 e. The molecule has 0 saturated heterocycles. The van der Waals surface area contributed by atoms with Gasteiger partial charge in [0.1, 0.15) is 6.07 Å². The molecule has 0 aliphatic heterocycles. The first kappa shape index (κ1) is 17.1. The summed E-state index contributed by atoms with van der Waals surface area (Å²) in [6.45, 7) is 0.